The van der Waals surface area contributed by atoms with Crippen LogP contribution >= 0.6 is 11.6 Å². The fraction of sp³-hybridized carbons (Fsp3) is 0.438. The number of aliphatic hydroxyl groups excluding tert-OH is 1. The van der Waals surface area contributed by atoms with Gasteiger partial charge in [0.15, 0.2) is 0 Å². The standard InChI is InChI=1S/C16H21ClN2O/c1-4-14-16(17)15(19(3)18-14)10-13(20)9-12-7-5-11(2)6-8-12/h5-8,13,20H,4,9-10H2,1-3H3. The summed E-state index contributed by atoms with van der Waals surface area (Å²) in [5.41, 5.74) is 4.16. The number of rotatable bonds is 5. The normalized spacial score (nSPS) is 12.7. The number of hydrogen-bond donors (Lipinski definition) is 1. The zero-order valence-corrected chi connectivity index (χ0v) is 13.0. The molecule has 3 nitrogen and oxygen atoms in total. The van der Waals surface area contributed by atoms with Crippen molar-refractivity contribution in [3.05, 3.63) is 51.8 Å². The number of aromatic nitrogens is 2. The number of halogens is 1. The van der Waals surface area contributed by atoms with Crippen LogP contribution in [0.4, 0.5) is 0 Å². The van der Waals surface area contributed by atoms with Crippen molar-refractivity contribution < 1.29 is 5.11 Å². The molecular formula is C16H21ClN2O. The zero-order chi connectivity index (χ0) is 14.7. The van der Waals surface area contributed by atoms with Crippen LogP contribution in [0, 0.1) is 6.92 Å². The lowest BCUT2D eigenvalue weighted by atomic mass is 10.0. The Balaban J connectivity index is 2.06. The SMILES string of the molecule is CCc1nn(C)c(CC(O)Cc2ccc(C)cc2)c1Cl. The lowest BCUT2D eigenvalue weighted by Crippen LogP contribution is -2.16. The van der Waals surface area contributed by atoms with Crippen molar-refractivity contribution in [2.24, 2.45) is 7.05 Å². The third kappa shape index (κ3) is 3.41. The van der Waals surface area contributed by atoms with E-state index in [9.17, 15) is 5.11 Å². The quantitative estimate of drug-likeness (QED) is 0.919. The highest BCUT2D eigenvalue weighted by atomic mass is 35.5. The van der Waals surface area contributed by atoms with Crippen LogP contribution in [0.15, 0.2) is 24.3 Å². The number of nitrogens with zero attached hydrogens (tertiary/aromatic N) is 2. The van der Waals surface area contributed by atoms with E-state index < -0.39 is 6.10 Å². The molecular weight excluding hydrogens is 272 g/mol. The fourth-order valence-electron chi connectivity index (χ4n) is 2.33. The molecule has 1 aromatic carbocycles. The molecule has 0 aliphatic carbocycles. The van der Waals surface area contributed by atoms with E-state index in [1.807, 2.05) is 14.0 Å². The van der Waals surface area contributed by atoms with Gasteiger partial charge < -0.3 is 5.11 Å². The molecule has 2 aromatic rings. The Bertz CT molecular complexity index is 575. The van der Waals surface area contributed by atoms with Gasteiger partial charge in [0.1, 0.15) is 0 Å². The molecule has 0 fully saturated rings. The first-order chi connectivity index (χ1) is 9.51. The van der Waals surface area contributed by atoms with Gasteiger partial charge in [0.05, 0.1) is 22.5 Å². The highest BCUT2D eigenvalue weighted by molar-refractivity contribution is 6.31. The molecule has 0 saturated heterocycles. The molecule has 1 atom stereocenters. The van der Waals surface area contributed by atoms with E-state index in [2.05, 4.69) is 36.3 Å². The van der Waals surface area contributed by atoms with Crippen LogP contribution in [0.5, 0.6) is 0 Å². The van der Waals surface area contributed by atoms with Crippen LogP contribution < -0.4 is 0 Å². The maximum atomic E-state index is 10.3. The summed E-state index contributed by atoms with van der Waals surface area (Å²) in [6, 6.07) is 8.24. The minimum absolute atomic E-state index is 0.449. The molecule has 0 saturated carbocycles. The Kier molecular flexibility index (Phi) is 4.84. The van der Waals surface area contributed by atoms with Crippen molar-refractivity contribution in [3.63, 3.8) is 0 Å². The fourth-order valence-corrected chi connectivity index (χ4v) is 2.70. The summed E-state index contributed by atoms with van der Waals surface area (Å²) < 4.78 is 1.78. The number of benzene rings is 1. The summed E-state index contributed by atoms with van der Waals surface area (Å²) in [6.07, 6.45) is 1.51. The molecule has 1 aromatic heterocycles. The molecule has 0 spiro atoms. The molecule has 1 heterocycles. The summed E-state index contributed by atoms with van der Waals surface area (Å²) in [6.45, 7) is 4.09. The van der Waals surface area contributed by atoms with Gasteiger partial charge in [0.2, 0.25) is 0 Å². The number of aliphatic hydroxyl groups is 1. The van der Waals surface area contributed by atoms with Gasteiger partial charge in [-0.15, -0.1) is 0 Å². The van der Waals surface area contributed by atoms with Crippen molar-refractivity contribution in [2.45, 2.75) is 39.2 Å². The van der Waals surface area contributed by atoms with Crippen LogP contribution in [0.2, 0.25) is 5.02 Å². The van der Waals surface area contributed by atoms with Crippen molar-refractivity contribution in [1.29, 1.82) is 0 Å². The van der Waals surface area contributed by atoms with E-state index in [1.54, 1.807) is 4.68 Å². The Hall–Kier alpha value is -1.32. The second kappa shape index (κ2) is 6.42. The number of aryl methyl sites for hydroxylation is 3. The summed E-state index contributed by atoms with van der Waals surface area (Å²) in [5.74, 6) is 0. The van der Waals surface area contributed by atoms with E-state index in [4.69, 9.17) is 11.6 Å². The van der Waals surface area contributed by atoms with Gasteiger partial charge in [0, 0.05) is 13.5 Å². The Morgan fingerprint density at radius 2 is 1.90 bits per heavy atom. The van der Waals surface area contributed by atoms with Gasteiger partial charge >= 0.3 is 0 Å². The lowest BCUT2D eigenvalue weighted by molar-refractivity contribution is 0.173. The monoisotopic (exact) mass is 292 g/mol. The van der Waals surface area contributed by atoms with Gasteiger partial charge in [-0.05, 0) is 25.3 Å². The average molecular weight is 293 g/mol. The van der Waals surface area contributed by atoms with Crippen LogP contribution in [-0.2, 0) is 26.3 Å². The highest BCUT2D eigenvalue weighted by Crippen LogP contribution is 2.22. The van der Waals surface area contributed by atoms with Crippen molar-refractivity contribution in [1.82, 2.24) is 9.78 Å². The molecule has 0 aliphatic rings. The minimum atomic E-state index is -0.449. The maximum absolute atomic E-state index is 10.3. The van der Waals surface area contributed by atoms with Gasteiger partial charge in [-0.25, -0.2) is 0 Å². The Morgan fingerprint density at radius 1 is 1.25 bits per heavy atom. The molecule has 0 aliphatic heterocycles. The number of hydrogen-bond acceptors (Lipinski definition) is 2. The molecule has 0 bridgehead atoms. The second-order valence-electron chi connectivity index (χ2n) is 5.23. The van der Waals surface area contributed by atoms with Crippen molar-refractivity contribution in [2.75, 3.05) is 0 Å². The average Bonchev–Trinajstić information content (AvgIpc) is 2.69. The maximum Gasteiger partial charge on any atom is 0.0850 e. The molecule has 4 heteroatoms. The molecule has 0 amide bonds. The summed E-state index contributed by atoms with van der Waals surface area (Å²) in [4.78, 5) is 0. The predicted molar refractivity (Wildman–Crippen MR) is 82.2 cm³/mol. The van der Waals surface area contributed by atoms with E-state index in [0.717, 1.165) is 23.4 Å². The molecule has 1 unspecified atom stereocenters. The highest BCUT2D eigenvalue weighted by Gasteiger charge is 2.16. The first kappa shape index (κ1) is 15.1. The molecule has 20 heavy (non-hydrogen) atoms. The van der Waals surface area contributed by atoms with E-state index in [1.165, 1.54) is 5.56 Å². The molecule has 2 rings (SSSR count). The molecule has 0 radical (unpaired) electrons. The third-order valence-corrected chi connectivity index (χ3v) is 3.96. The van der Waals surface area contributed by atoms with Crippen molar-refractivity contribution in [3.8, 4) is 0 Å². The smallest absolute Gasteiger partial charge is 0.0850 e. The first-order valence-electron chi connectivity index (χ1n) is 6.95. The van der Waals surface area contributed by atoms with Crippen LogP contribution in [-0.4, -0.2) is 21.0 Å². The molecule has 108 valence electrons. The van der Waals surface area contributed by atoms with Crippen LogP contribution in [0.1, 0.15) is 29.4 Å². The van der Waals surface area contributed by atoms with E-state index in [-0.39, 0.29) is 0 Å². The topological polar surface area (TPSA) is 38.0 Å². The summed E-state index contributed by atoms with van der Waals surface area (Å²) in [5, 5.41) is 15.3. The second-order valence-corrected chi connectivity index (χ2v) is 5.61. The van der Waals surface area contributed by atoms with E-state index in [0.29, 0.717) is 17.9 Å². The van der Waals surface area contributed by atoms with Crippen molar-refractivity contribution >= 4 is 11.6 Å². The molecule has 1 N–H and O–H groups in total. The first-order valence-corrected chi connectivity index (χ1v) is 7.33. The van der Waals surface area contributed by atoms with Gasteiger partial charge in [-0.2, -0.15) is 5.10 Å². The third-order valence-electron chi connectivity index (χ3n) is 3.52. The van der Waals surface area contributed by atoms with Crippen LogP contribution in [0.3, 0.4) is 0 Å². The Morgan fingerprint density at radius 3 is 2.45 bits per heavy atom. The summed E-state index contributed by atoms with van der Waals surface area (Å²) >= 11 is 6.30. The largest absolute Gasteiger partial charge is 0.392 e. The van der Waals surface area contributed by atoms with Gasteiger partial charge in [-0.1, -0.05) is 48.4 Å². The van der Waals surface area contributed by atoms with Gasteiger partial charge in [0.25, 0.3) is 0 Å². The zero-order valence-electron chi connectivity index (χ0n) is 12.2. The summed E-state index contributed by atoms with van der Waals surface area (Å²) in [7, 11) is 1.87. The van der Waals surface area contributed by atoms with Crippen LogP contribution in [0.25, 0.3) is 0 Å². The van der Waals surface area contributed by atoms with E-state index >= 15 is 0 Å². The minimum Gasteiger partial charge on any atom is -0.392 e. The Labute approximate surface area is 125 Å². The predicted octanol–water partition coefficient (Wildman–Crippen LogP) is 3.09. The van der Waals surface area contributed by atoms with Gasteiger partial charge in [-0.3, -0.25) is 4.68 Å². The lowest BCUT2D eigenvalue weighted by Gasteiger charge is -2.11.